The van der Waals surface area contributed by atoms with Crippen LogP contribution in [-0.2, 0) is 10.0 Å². The average molecular weight is 346 g/mol. The maximum atomic E-state index is 12.5. The van der Waals surface area contributed by atoms with Crippen LogP contribution < -0.4 is 10.0 Å². The van der Waals surface area contributed by atoms with E-state index in [1.165, 1.54) is 0 Å². The highest BCUT2D eigenvalue weighted by Gasteiger charge is 2.21. The molecule has 5 heteroatoms. The standard InChI is InChI=1S/C19H26N2O2S/c1-15-10-12-17(13-11-15)24(22,23)20-14-18(21-19(2,3)4)16-8-6-5-7-9-16/h5-13,18,20-21H,14H2,1-4H3. The number of nitrogens with one attached hydrogen (secondary N) is 2. The molecule has 2 aromatic rings. The van der Waals surface area contributed by atoms with Gasteiger partial charge < -0.3 is 5.32 Å². The van der Waals surface area contributed by atoms with Crippen LogP contribution in [0.3, 0.4) is 0 Å². The summed E-state index contributed by atoms with van der Waals surface area (Å²) in [7, 11) is -3.53. The van der Waals surface area contributed by atoms with Crippen LogP contribution in [0.5, 0.6) is 0 Å². The molecule has 0 heterocycles. The Bertz CT molecular complexity index is 748. The predicted molar refractivity (Wildman–Crippen MR) is 98.4 cm³/mol. The van der Waals surface area contributed by atoms with Gasteiger partial charge in [0.1, 0.15) is 0 Å². The summed E-state index contributed by atoms with van der Waals surface area (Å²) < 4.78 is 27.7. The van der Waals surface area contributed by atoms with Crippen molar-refractivity contribution < 1.29 is 8.42 Å². The van der Waals surface area contributed by atoms with Crippen LogP contribution in [0.4, 0.5) is 0 Å². The fourth-order valence-corrected chi connectivity index (χ4v) is 3.50. The molecule has 2 N–H and O–H groups in total. The van der Waals surface area contributed by atoms with E-state index in [9.17, 15) is 8.42 Å². The molecule has 0 aliphatic heterocycles. The third kappa shape index (κ3) is 5.44. The monoisotopic (exact) mass is 346 g/mol. The second-order valence-electron chi connectivity index (χ2n) is 7.02. The van der Waals surface area contributed by atoms with Gasteiger partial charge in [-0.3, -0.25) is 0 Å². The quantitative estimate of drug-likeness (QED) is 0.843. The molecule has 0 bridgehead atoms. The fourth-order valence-electron chi connectivity index (χ4n) is 2.45. The minimum Gasteiger partial charge on any atom is -0.304 e. The average Bonchev–Trinajstić information content (AvgIpc) is 2.52. The molecular weight excluding hydrogens is 320 g/mol. The highest BCUT2D eigenvalue weighted by atomic mass is 32.2. The molecule has 4 nitrogen and oxygen atoms in total. The molecule has 2 rings (SSSR count). The molecular formula is C19H26N2O2S. The number of aryl methyl sites for hydroxylation is 1. The van der Waals surface area contributed by atoms with Crippen molar-refractivity contribution in [1.29, 1.82) is 0 Å². The Morgan fingerprint density at radius 3 is 2.08 bits per heavy atom. The van der Waals surface area contributed by atoms with Crippen LogP contribution in [0.15, 0.2) is 59.5 Å². The first kappa shape index (κ1) is 18.6. The van der Waals surface area contributed by atoms with E-state index in [4.69, 9.17) is 0 Å². The van der Waals surface area contributed by atoms with Gasteiger partial charge in [-0.1, -0.05) is 48.0 Å². The molecule has 0 aliphatic rings. The molecule has 0 saturated carbocycles. The van der Waals surface area contributed by atoms with E-state index < -0.39 is 10.0 Å². The molecule has 24 heavy (non-hydrogen) atoms. The minimum absolute atomic E-state index is 0.105. The van der Waals surface area contributed by atoms with Crippen LogP contribution in [0.2, 0.25) is 0 Å². The van der Waals surface area contributed by atoms with E-state index in [1.807, 2.05) is 37.3 Å². The lowest BCUT2D eigenvalue weighted by Crippen LogP contribution is -2.43. The van der Waals surface area contributed by atoms with Crippen LogP contribution in [0.25, 0.3) is 0 Å². The highest BCUT2D eigenvalue weighted by Crippen LogP contribution is 2.17. The van der Waals surface area contributed by atoms with Gasteiger partial charge in [0.05, 0.1) is 4.90 Å². The molecule has 0 aliphatic carbocycles. The smallest absolute Gasteiger partial charge is 0.240 e. The van der Waals surface area contributed by atoms with E-state index in [1.54, 1.807) is 24.3 Å². The molecule has 0 saturated heterocycles. The van der Waals surface area contributed by atoms with Crippen molar-refractivity contribution in [3.63, 3.8) is 0 Å². The first-order valence-corrected chi connectivity index (χ1v) is 9.55. The Labute approximate surface area is 145 Å². The molecule has 0 fully saturated rings. The Morgan fingerprint density at radius 2 is 1.54 bits per heavy atom. The van der Waals surface area contributed by atoms with E-state index in [-0.39, 0.29) is 23.0 Å². The van der Waals surface area contributed by atoms with Crippen molar-refractivity contribution in [3.8, 4) is 0 Å². The fraction of sp³-hybridized carbons (Fsp3) is 0.368. The summed E-state index contributed by atoms with van der Waals surface area (Å²) in [4.78, 5) is 0.288. The number of sulfonamides is 1. The van der Waals surface area contributed by atoms with Crippen LogP contribution >= 0.6 is 0 Å². The van der Waals surface area contributed by atoms with Gasteiger partial charge in [-0.15, -0.1) is 0 Å². The van der Waals surface area contributed by atoms with Gasteiger partial charge in [-0.05, 0) is 45.4 Å². The third-order valence-electron chi connectivity index (χ3n) is 3.62. The predicted octanol–water partition coefficient (Wildman–Crippen LogP) is 3.40. The lowest BCUT2D eigenvalue weighted by molar-refractivity contribution is 0.361. The Balaban J connectivity index is 2.16. The zero-order chi connectivity index (χ0) is 17.8. The SMILES string of the molecule is Cc1ccc(S(=O)(=O)NCC(NC(C)(C)C)c2ccccc2)cc1. The number of hydrogen-bond acceptors (Lipinski definition) is 3. The Hall–Kier alpha value is -1.69. The molecule has 130 valence electrons. The summed E-state index contributed by atoms with van der Waals surface area (Å²) in [6, 6.07) is 16.6. The Kier molecular flexibility index (Phi) is 5.80. The van der Waals surface area contributed by atoms with Gasteiger partial charge >= 0.3 is 0 Å². The zero-order valence-corrected chi connectivity index (χ0v) is 15.5. The van der Waals surface area contributed by atoms with E-state index >= 15 is 0 Å². The van der Waals surface area contributed by atoms with Gasteiger partial charge in [0, 0.05) is 18.1 Å². The largest absolute Gasteiger partial charge is 0.304 e. The van der Waals surface area contributed by atoms with Crippen LogP contribution in [-0.4, -0.2) is 20.5 Å². The second kappa shape index (κ2) is 7.47. The normalized spacial score (nSPS) is 13.7. The maximum Gasteiger partial charge on any atom is 0.240 e. The lowest BCUT2D eigenvalue weighted by Gasteiger charge is -2.29. The third-order valence-corrected chi connectivity index (χ3v) is 5.06. The summed E-state index contributed by atoms with van der Waals surface area (Å²) in [5.74, 6) is 0. The summed E-state index contributed by atoms with van der Waals surface area (Å²) >= 11 is 0. The van der Waals surface area contributed by atoms with Crippen LogP contribution in [0.1, 0.15) is 37.9 Å². The maximum absolute atomic E-state index is 12.5. The molecule has 0 amide bonds. The van der Waals surface area contributed by atoms with Gasteiger partial charge in [0.25, 0.3) is 0 Å². The molecule has 0 spiro atoms. The summed E-state index contributed by atoms with van der Waals surface area (Å²) in [5.41, 5.74) is 1.96. The Morgan fingerprint density at radius 1 is 0.958 bits per heavy atom. The second-order valence-corrected chi connectivity index (χ2v) is 8.79. The van der Waals surface area contributed by atoms with Gasteiger partial charge in [-0.25, -0.2) is 13.1 Å². The molecule has 0 radical (unpaired) electrons. The van der Waals surface area contributed by atoms with Crippen molar-refractivity contribution in [3.05, 3.63) is 65.7 Å². The molecule has 1 atom stereocenters. The van der Waals surface area contributed by atoms with E-state index in [0.29, 0.717) is 0 Å². The van der Waals surface area contributed by atoms with Gasteiger partial charge in [0.15, 0.2) is 0 Å². The number of benzene rings is 2. The van der Waals surface area contributed by atoms with Gasteiger partial charge in [0.2, 0.25) is 10.0 Å². The highest BCUT2D eigenvalue weighted by molar-refractivity contribution is 7.89. The first-order valence-electron chi connectivity index (χ1n) is 8.06. The number of rotatable bonds is 6. The lowest BCUT2D eigenvalue weighted by atomic mass is 10.0. The van der Waals surface area contributed by atoms with Crippen molar-refractivity contribution in [1.82, 2.24) is 10.0 Å². The van der Waals surface area contributed by atoms with E-state index in [0.717, 1.165) is 11.1 Å². The van der Waals surface area contributed by atoms with E-state index in [2.05, 4.69) is 30.8 Å². The number of hydrogen-bond donors (Lipinski definition) is 2. The molecule has 0 aromatic heterocycles. The minimum atomic E-state index is -3.53. The first-order chi connectivity index (χ1) is 11.2. The van der Waals surface area contributed by atoms with Gasteiger partial charge in [-0.2, -0.15) is 0 Å². The molecule has 1 unspecified atom stereocenters. The topological polar surface area (TPSA) is 58.2 Å². The van der Waals surface area contributed by atoms with Crippen molar-refractivity contribution in [2.45, 2.75) is 44.2 Å². The van der Waals surface area contributed by atoms with Crippen LogP contribution in [0, 0.1) is 6.92 Å². The summed E-state index contributed by atoms with van der Waals surface area (Å²) in [6.07, 6.45) is 0. The molecule has 2 aromatic carbocycles. The summed E-state index contributed by atoms with van der Waals surface area (Å²) in [5, 5.41) is 3.48. The van der Waals surface area contributed by atoms with Crippen molar-refractivity contribution in [2.75, 3.05) is 6.54 Å². The summed E-state index contributed by atoms with van der Waals surface area (Å²) in [6.45, 7) is 8.42. The van der Waals surface area contributed by atoms with Crippen molar-refractivity contribution in [2.24, 2.45) is 0 Å². The zero-order valence-electron chi connectivity index (χ0n) is 14.7. The van der Waals surface area contributed by atoms with Crippen molar-refractivity contribution >= 4 is 10.0 Å².